The summed E-state index contributed by atoms with van der Waals surface area (Å²) in [4.78, 5) is 9.50. The lowest BCUT2D eigenvalue weighted by molar-refractivity contribution is 0.483. The summed E-state index contributed by atoms with van der Waals surface area (Å²) >= 11 is 0. The minimum Gasteiger partial charge on any atom is -0.457 e. The van der Waals surface area contributed by atoms with Gasteiger partial charge in [-0.1, -0.05) is 113 Å². The molecule has 0 amide bonds. The third-order valence-corrected chi connectivity index (χ3v) is 12.7. The molecule has 0 saturated heterocycles. The second-order valence-electron chi connectivity index (χ2n) is 20.5. The number of ether oxygens (including phenoxy) is 1. The van der Waals surface area contributed by atoms with Crippen molar-refractivity contribution in [2.45, 2.75) is 111 Å². The van der Waals surface area contributed by atoms with E-state index in [0.29, 0.717) is 45.8 Å². The van der Waals surface area contributed by atoms with Gasteiger partial charge in [0.2, 0.25) is 0 Å². The molecule has 6 nitrogen and oxygen atoms in total. The minimum absolute atomic E-state index is 0.0452. The van der Waals surface area contributed by atoms with E-state index in [1.807, 2.05) is 53.1 Å². The number of benzene rings is 6. The first kappa shape index (κ1) is 36.4. The molecule has 0 saturated carbocycles. The van der Waals surface area contributed by atoms with Crippen LogP contribution >= 0.6 is 0 Å². The van der Waals surface area contributed by atoms with Crippen LogP contribution in [0.1, 0.15) is 132 Å². The number of hydrogen-bond acceptors (Lipinski definition) is 5. The summed E-state index contributed by atoms with van der Waals surface area (Å²) < 4.78 is 72.1. The Morgan fingerprint density at radius 3 is 1.97 bits per heavy atom. The maximum absolute atomic E-state index is 10.2. The van der Waals surface area contributed by atoms with Crippen molar-refractivity contribution in [1.29, 1.82) is 5.26 Å². The molecule has 334 valence electrons. The summed E-state index contributed by atoms with van der Waals surface area (Å²) in [6.07, 6.45) is -2.32. The van der Waals surface area contributed by atoms with Crippen LogP contribution in [0, 0.1) is 11.3 Å². The molecule has 6 heteroatoms. The molecule has 0 aliphatic carbocycles. The van der Waals surface area contributed by atoms with Crippen LogP contribution in [0.4, 0.5) is 22.7 Å². The van der Waals surface area contributed by atoms with Gasteiger partial charge in [-0.3, -0.25) is 4.57 Å². The van der Waals surface area contributed by atoms with E-state index in [-0.39, 0.29) is 56.6 Å². The van der Waals surface area contributed by atoms with Crippen molar-refractivity contribution in [2.75, 3.05) is 16.5 Å². The van der Waals surface area contributed by atoms with Crippen molar-refractivity contribution < 1.29 is 14.3 Å². The first-order valence-corrected chi connectivity index (χ1v) is 22.7. The van der Waals surface area contributed by atoms with Crippen molar-refractivity contribution in [3.05, 3.63) is 167 Å². The van der Waals surface area contributed by atoms with E-state index in [0.717, 1.165) is 28.3 Å². The van der Waals surface area contributed by atoms with E-state index >= 15 is 0 Å². The van der Waals surface area contributed by atoms with Gasteiger partial charge in [0.15, 0.2) is 0 Å². The summed E-state index contributed by atoms with van der Waals surface area (Å²) in [6, 6.07) is 39.1. The Kier molecular flexibility index (Phi) is 9.30. The maximum Gasteiger partial charge on any atom is 0.137 e. The van der Waals surface area contributed by atoms with Gasteiger partial charge >= 0.3 is 0 Å². The molecular formula is C60H63N5O. The fourth-order valence-electron chi connectivity index (χ4n) is 8.89. The molecule has 8 aromatic rings. The van der Waals surface area contributed by atoms with E-state index in [9.17, 15) is 9.37 Å². The largest absolute Gasteiger partial charge is 0.457 e. The topological polar surface area (TPSA) is 57.3 Å². The van der Waals surface area contributed by atoms with E-state index in [2.05, 4.69) is 127 Å². The van der Waals surface area contributed by atoms with Crippen molar-refractivity contribution in [1.82, 2.24) is 9.55 Å². The SMILES string of the molecule is [2H]c1c(-c2cc(C#N)cc(C(C([2H])([2H])C)C([2H])([2H])C)c2)c([2H])c2c3ccc(Oc4cccc(N5CN(c6cc(C(C)(C)C)cc(C(C)(C)C)c6)c6ccccc65)c4)cc3n(-c3cc(C(C)(C)C)ccn3)c2c1[2H]. The summed E-state index contributed by atoms with van der Waals surface area (Å²) in [5, 5.41) is 11.2. The molecule has 0 N–H and O–H groups in total. The van der Waals surface area contributed by atoms with Gasteiger partial charge in [-0.15, -0.1) is 0 Å². The van der Waals surface area contributed by atoms with Gasteiger partial charge in [0, 0.05) is 46.0 Å². The third kappa shape index (κ3) is 8.44. The molecule has 0 bridgehead atoms. The number of hydrogen-bond donors (Lipinski definition) is 0. The monoisotopic (exact) mass is 877 g/mol. The number of nitrogens with zero attached hydrogens (tertiary/aromatic N) is 5. The molecule has 2 aromatic heterocycles. The molecular weight excluding hydrogens is 807 g/mol. The molecule has 9 rings (SSSR count). The molecule has 66 heavy (non-hydrogen) atoms. The zero-order valence-corrected chi connectivity index (χ0v) is 40.0. The van der Waals surface area contributed by atoms with Crippen LogP contribution in [0.2, 0.25) is 0 Å². The van der Waals surface area contributed by atoms with Crippen molar-refractivity contribution >= 4 is 44.6 Å². The Morgan fingerprint density at radius 1 is 0.652 bits per heavy atom. The fourth-order valence-corrected chi connectivity index (χ4v) is 8.89. The number of rotatable bonds is 9. The number of anilines is 4. The minimum atomic E-state index is -2.03. The molecule has 3 heterocycles. The smallest absolute Gasteiger partial charge is 0.137 e. The van der Waals surface area contributed by atoms with Gasteiger partial charge in [-0.25, -0.2) is 4.98 Å². The molecule has 0 unspecified atom stereocenters. The van der Waals surface area contributed by atoms with E-state index in [1.54, 1.807) is 12.3 Å². The van der Waals surface area contributed by atoms with Crippen molar-refractivity contribution in [3.63, 3.8) is 0 Å². The molecule has 0 atom stereocenters. The lowest BCUT2D eigenvalue weighted by Gasteiger charge is -2.29. The lowest BCUT2D eigenvalue weighted by atomic mass is 9.80. The lowest BCUT2D eigenvalue weighted by Crippen LogP contribution is -2.25. The fraction of sp³-hybridized carbons (Fsp3) is 0.300. The Morgan fingerprint density at radius 2 is 1.32 bits per heavy atom. The highest BCUT2D eigenvalue weighted by Crippen LogP contribution is 2.47. The third-order valence-electron chi connectivity index (χ3n) is 12.7. The Labute approximate surface area is 402 Å². The van der Waals surface area contributed by atoms with Gasteiger partial charge in [-0.2, -0.15) is 5.26 Å². The van der Waals surface area contributed by atoms with Crippen LogP contribution in [0.15, 0.2) is 140 Å². The van der Waals surface area contributed by atoms with E-state index < -0.39 is 18.7 Å². The Bertz CT molecular complexity index is 3480. The highest BCUT2D eigenvalue weighted by Gasteiger charge is 2.30. The van der Waals surface area contributed by atoms with E-state index in [4.69, 9.17) is 15.2 Å². The molecule has 1 aliphatic rings. The highest BCUT2D eigenvalue weighted by atomic mass is 16.5. The molecule has 1 aliphatic heterocycles. The van der Waals surface area contributed by atoms with Gasteiger partial charge in [0.25, 0.3) is 0 Å². The summed E-state index contributed by atoms with van der Waals surface area (Å²) in [7, 11) is 0. The quantitative estimate of drug-likeness (QED) is 0.145. The van der Waals surface area contributed by atoms with Crippen LogP contribution in [-0.2, 0) is 16.2 Å². The van der Waals surface area contributed by atoms with Crippen molar-refractivity contribution in [3.8, 4) is 34.5 Å². The van der Waals surface area contributed by atoms with Crippen LogP contribution in [0.3, 0.4) is 0 Å². The summed E-state index contributed by atoms with van der Waals surface area (Å²) in [5.74, 6) is 0.321. The molecule has 0 fully saturated rings. The van der Waals surface area contributed by atoms with Gasteiger partial charge in [0.1, 0.15) is 24.0 Å². The second kappa shape index (κ2) is 16.9. The van der Waals surface area contributed by atoms with Crippen LogP contribution in [0.25, 0.3) is 38.8 Å². The predicted octanol–water partition coefficient (Wildman–Crippen LogP) is 16.6. The zero-order valence-electron chi connectivity index (χ0n) is 47.0. The second-order valence-corrected chi connectivity index (χ2v) is 20.5. The normalized spacial score (nSPS) is 15.2. The van der Waals surface area contributed by atoms with Gasteiger partial charge in [0.05, 0.1) is 38.2 Å². The Hall–Kier alpha value is -6.84. The summed E-state index contributed by atoms with van der Waals surface area (Å²) in [5.41, 5.74) is 9.07. The highest BCUT2D eigenvalue weighted by molar-refractivity contribution is 6.10. The number of fused-ring (bicyclic) bond motifs is 4. The molecule has 0 spiro atoms. The van der Waals surface area contributed by atoms with Crippen LogP contribution in [-0.4, -0.2) is 16.2 Å². The number of nitriles is 1. The average molecular weight is 877 g/mol. The predicted molar refractivity (Wildman–Crippen MR) is 277 cm³/mol. The van der Waals surface area contributed by atoms with Crippen LogP contribution in [0.5, 0.6) is 11.5 Å². The molecule has 0 radical (unpaired) electrons. The molecule has 6 aromatic carbocycles. The average Bonchev–Trinajstić information content (AvgIpc) is 3.86. The summed E-state index contributed by atoms with van der Waals surface area (Å²) in [6.45, 7) is 23.1. The zero-order chi connectivity index (χ0) is 52.9. The number of pyridine rings is 1. The van der Waals surface area contributed by atoms with Crippen molar-refractivity contribution in [2.24, 2.45) is 0 Å². The Balaban J connectivity index is 1.17. The first-order valence-electron chi connectivity index (χ1n) is 26.2. The standard InChI is InChI=1S/C60H63N5O/c1-12-40(13-2)42-27-39(37-61)28-43(29-42)41-21-24-53-52(30-41)51-23-22-50(36-56(51)65(53)57-34-44(25-26-62-57)58(3,4)5)66-49-18-16-17-47(35-49)63-38-64(55-20-15-14-19-54(55)63)48-32-45(59(6,7)8)31-46(33-48)60(9,10)11/h14-36,40H,12-13,38H2,1-11H3/i12D2,13D2,21D,24D,30D. The first-order chi connectivity index (χ1) is 34.0. The maximum atomic E-state index is 10.2. The number of para-hydroxylation sites is 2. The van der Waals surface area contributed by atoms with Gasteiger partial charge < -0.3 is 14.5 Å². The van der Waals surface area contributed by atoms with E-state index in [1.165, 1.54) is 37.1 Å². The van der Waals surface area contributed by atoms with Crippen LogP contribution < -0.4 is 14.5 Å². The van der Waals surface area contributed by atoms with Gasteiger partial charge in [-0.05, 0) is 153 Å². The number of aromatic nitrogens is 2.